The first kappa shape index (κ1) is 16.3. The number of hydrogen-bond donors (Lipinski definition) is 0. The van der Waals surface area contributed by atoms with Gasteiger partial charge in [0.1, 0.15) is 0 Å². The molecule has 1 heteroatoms. The largest absolute Gasteiger partial charge is 0.365 e. The summed E-state index contributed by atoms with van der Waals surface area (Å²) in [5.41, 5.74) is 7.47. The zero-order chi connectivity index (χ0) is 15.2. The molecule has 1 atom stereocenters. The minimum Gasteiger partial charge on any atom is -0.365 e. The van der Waals surface area contributed by atoms with Crippen LogP contribution in [0.2, 0.25) is 0 Å². The fourth-order valence-electron chi connectivity index (χ4n) is 3.13. The molecular formula is C20H30O. The minimum absolute atomic E-state index is 0.228. The van der Waals surface area contributed by atoms with Crippen LogP contribution < -0.4 is 0 Å². The molecule has 0 aromatic carbocycles. The van der Waals surface area contributed by atoms with Crippen molar-refractivity contribution in [1.82, 2.24) is 0 Å². The number of ether oxygens (including phenoxy) is 1. The van der Waals surface area contributed by atoms with Crippen LogP contribution in [-0.2, 0) is 4.74 Å². The summed E-state index contributed by atoms with van der Waals surface area (Å²) >= 11 is 0. The van der Waals surface area contributed by atoms with Gasteiger partial charge < -0.3 is 4.74 Å². The summed E-state index contributed by atoms with van der Waals surface area (Å²) in [6.07, 6.45) is 14.4. The predicted octanol–water partition coefficient (Wildman–Crippen LogP) is 5.89. The lowest BCUT2D eigenvalue weighted by atomic mass is 9.95. The number of allylic oxidation sites excluding steroid dienone is 5. The van der Waals surface area contributed by atoms with E-state index in [1.165, 1.54) is 47.1 Å². The average Bonchev–Trinajstić information content (AvgIpc) is 2.76. The van der Waals surface area contributed by atoms with E-state index in [1.54, 1.807) is 0 Å². The second-order valence-corrected chi connectivity index (χ2v) is 6.73. The van der Waals surface area contributed by atoms with Gasteiger partial charge in [-0.3, -0.25) is 0 Å². The van der Waals surface area contributed by atoms with Crippen molar-refractivity contribution in [2.75, 3.05) is 6.61 Å². The van der Waals surface area contributed by atoms with Gasteiger partial charge in [-0.2, -0.15) is 0 Å². The van der Waals surface area contributed by atoms with Crippen LogP contribution in [-0.4, -0.2) is 12.7 Å². The first-order valence-electron chi connectivity index (χ1n) is 8.35. The molecule has 0 spiro atoms. The topological polar surface area (TPSA) is 9.23 Å². The van der Waals surface area contributed by atoms with Crippen molar-refractivity contribution < 1.29 is 4.74 Å². The molecule has 1 nitrogen and oxygen atoms in total. The molecule has 0 fully saturated rings. The van der Waals surface area contributed by atoms with E-state index in [4.69, 9.17) is 4.74 Å². The average molecular weight is 286 g/mol. The Hall–Kier alpha value is -1.08. The Morgan fingerprint density at radius 3 is 2.14 bits per heavy atom. The van der Waals surface area contributed by atoms with Gasteiger partial charge in [0.15, 0.2) is 0 Å². The maximum absolute atomic E-state index is 5.97. The monoisotopic (exact) mass is 286 g/mol. The van der Waals surface area contributed by atoms with E-state index in [0.29, 0.717) is 0 Å². The van der Waals surface area contributed by atoms with Crippen molar-refractivity contribution in [2.24, 2.45) is 0 Å². The van der Waals surface area contributed by atoms with Crippen LogP contribution in [0.1, 0.15) is 66.2 Å². The minimum atomic E-state index is 0.228. The maximum Gasteiger partial charge on any atom is 0.0977 e. The van der Waals surface area contributed by atoms with Crippen molar-refractivity contribution in [3.05, 3.63) is 46.1 Å². The summed E-state index contributed by atoms with van der Waals surface area (Å²) in [5, 5.41) is 0. The van der Waals surface area contributed by atoms with Gasteiger partial charge in [0.05, 0.1) is 12.7 Å². The highest BCUT2D eigenvalue weighted by Crippen LogP contribution is 2.29. The molecule has 1 aliphatic heterocycles. The zero-order valence-electron chi connectivity index (χ0n) is 14.2. The Bertz CT molecular complexity index is 488. The van der Waals surface area contributed by atoms with Crippen LogP contribution in [0.3, 0.4) is 0 Å². The third-order valence-corrected chi connectivity index (χ3v) is 4.66. The first-order valence-corrected chi connectivity index (χ1v) is 8.35. The lowest BCUT2D eigenvalue weighted by Crippen LogP contribution is -2.08. The molecule has 2 rings (SSSR count). The van der Waals surface area contributed by atoms with Crippen LogP contribution in [0.25, 0.3) is 0 Å². The van der Waals surface area contributed by atoms with Crippen LogP contribution in [0, 0.1) is 0 Å². The second kappa shape index (κ2) is 7.79. The first-order chi connectivity index (χ1) is 10.1. The molecule has 0 saturated carbocycles. The number of hydrogen-bond acceptors (Lipinski definition) is 1. The summed E-state index contributed by atoms with van der Waals surface area (Å²) in [6.45, 7) is 9.82. The van der Waals surface area contributed by atoms with Gasteiger partial charge in [-0.15, -0.1) is 0 Å². The molecule has 1 aliphatic carbocycles. The molecular weight excluding hydrogens is 256 g/mol. The molecule has 1 heterocycles. The van der Waals surface area contributed by atoms with Gasteiger partial charge in [0, 0.05) is 0 Å². The van der Waals surface area contributed by atoms with Crippen molar-refractivity contribution in [2.45, 2.75) is 72.3 Å². The summed E-state index contributed by atoms with van der Waals surface area (Å²) in [5.74, 6) is 0. The molecule has 2 aliphatic rings. The van der Waals surface area contributed by atoms with Gasteiger partial charge >= 0.3 is 0 Å². The maximum atomic E-state index is 5.97. The molecule has 0 saturated heterocycles. The van der Waals surface area contributed by atoms with E-state index in [-0.39, 0.29) is 6.10 Å². The highest BCUT2D eigenvalue weighted by atomic mass is 16.5. The molecule has 0 N–H and O–H groups in total. The van der Waals surface area contributed by atoms with Crippen LogP contribution in [0.4, 0.5) is 0 Å². The molecule has 0 bridgehead atoms. The summed E-state index contributed by atoms with van der Waals surface area (Å²) in [4.78, 5) is 0. The molecule has 21 heavy (non-hydrogen) atoms. The van der Waals surface area contributed by atoms with Gasteiger partial charge in [-0.05, 0) is 77.4 Å². The SMILES string of the molecule is CC1=C2CC/C(C)=C/CC/C(C)=C/CC/C(C)=C/C2OC1. The van der Waals surface area contributed by atoms with Crippen molar-refractivity contribution in [1.29, 1.82) is 0 Å². The molecule has 1 unspecified atom stereocenters. The molecule has 0 amide bonds. The predicted molar refractivity (Wildman–Crippen MR) is 91.4 cm³/mol. The van der Waals surface area contributed by atoms with Gasteiger partial charge in [-0.25, -0.2) is 0 Å². The van der Waals surface area contributed by atoms with Crippen molar-refractivity contribution in [3.63, 3.8) is 0 Å². The van der Waals surface area contributed by atoms with E-state index >= 15 is 0 Å². The third kappa shape index (κ3) is 5.00. The molecule has 116 valence electrons. The third-order valence-electron chi connectivity index (χ3n) is 4.66. The Balaban J connectivity index is 2.17. The Morgan fingerprint density at radius 1 is 0.810 bits per heavy atom. The zero-order valence-corrected chi connectivity index (χ0v) is 14.2. The highest BCUT2D eigenvalue weighted by Gasteiger charge is 2.21. The lowest BCUT2D eigenvalue weighted by Gasteiger charge is -2.13. The normalized spacial score (nSPS) is 33.1. The van der Waals surface area contributed by atoms with E-state index in [9.17, 15) is 0 Å². The summed E-state index contributed by atoms with van der Waals surface area (Å²) in [7, 11) is 0. The molecule has 0 radical (unpaired) electrons. The van der Waals surface area contributed by atoms with E-state index in [2.05, 4.69) is 45.9 Å². The fraction of sp³-hybridized carbons (Fsp3) is 0.600. The fourth-order valence-corrected chi connectivity index (χ4v) is 3.13. The Labute approximate surface area is 130 Å². The van der Waals surface area contributed by atoms with Gasteiger partial charge in [-0.1, -0.05) is 34.9 Å². The van der Waals surface area contributed by atoms with Crippen molar-refractivity contribution >= 4 is 0 Å². The van der Waals surface area contributed by atoms with E-state index in [1.807, 2.05) is 0 Å². The smallest absolute Gasteiger partial charge is 0.0977 e. The summed E-state index contributed by atoms with van der Waals surface area (Å²) < 4.78 is 5.97. The van der Waals surface area contributed by atoms with Crippen LogP contribution >= 0.6 is 0 Å². The molecule has 0 aromatic rings. The summed E-state index contributed by atoms with van der Waals surface area (Å²) in [6, 6.07) is 0. The Kier molecular flexibility index (Phi) is 6.05. The van der Waals surface area contributed by atoms with E-state index in [0.717, 1.165) is 25.9 Å². The second-order valence-electron chi connectivity index (χ2n) is 6.73. The van der Waals surface area contributed by atoms with Gasteiger partial charge in [0.25, 0.3) is 0 Å². The van der Waals surface area contributed by atoms with Gasteiger partial charge in [0.2, 0.25) is 0 Å². The number of rotatable bonds is 0. The van der Waals surface area contributed by atoms with Crippen molar-refractivity contribution in [3.8, 4) is 0 Å². The highest BCUT2D eigenvalue weighted by molar-refractivity contribution is 5.29. The molecule has 0 aromatic heterocycles. The Morgan fingerprint density at radius 2 is 1.43 bits per heavy atom. The lowest BCUT2D eigenvalue weighted by molar-refractivity contribution is 0.151. The van der Waals surface area contributed by atoms with Crippen LogP contribution in [0.15, 0.2) is 46.1 Å². The standard InChI is InChI=1S/C20H30O/c1-15-7-5-9-16(2)11-12-19-18(4)14-21-20(19)13-17(3)10-6-8-15/h8-9,13,20H,5-7,10-12,14H2,1-4H3/b15-8+,16-9+,17-13+. The van der Waals surface area contributed by atoms with E-state index < -0.39 is 0 Å². The van der Waals surface area contributed by atoms with Crippen LogP contribution in [0.5, 0.6) is 0 Å². The number of fused-ring (bicyclic) bond motifs is 1. The quantitative estimate of drug-likeness (QED) is 0.504.